The fraction of sp³-hybridized carbons (Fsp3) is 0.333. The fourth-order valence-corrected chi connectivity index (χ4v) is 8.72. The molecule has 1 N–H and O–H groups in total. The third kappa shape index (κ3) is 4.67. The summed E-state index contributed by atoms with van der Waals surface area (Å²) in [4.78, 5) is 13.1. The number of nitrogens with one attached hydrogen (secondary N) is 1. The van der Waals surface area contributed by atoms with Crippen molar-refractivity contribution >= 4 is 45.7 Å². The summed E-state index contributed by atoms with van der Waals surface area (Å²) in [5.41, 5.74) is 3.60. The molecule has 10 heteroatoms. The molecule has 1 atom stereocenters. The second-order valence-corrected chi connectivity index (χ2v) is 12.6. The van der Waals surface area contributed by atoms with Crippen LogP contribution >= 0.6 is 23.5 Å². The standard InChI is InChI=1S/C21H22FN3O3S3/c1-15-6-8-17(9-7-15)31(27,28)25-14-21(29-10-11-30-21)12-19(25)20(26)24-23-13-16-4-2-3-5-18(16)22/h2-9,13,19H,10-12,14H2,1H3,(H,24,26)/b23-13+/t19-/m0/s1. The summed E-state index contributed by atoms with van der Waals surface area (Å²) in [7, 11) is -3.86. The summed E-state index contributed by atoms with van der Waals surface area (Å²) in [6, 6.07) is 11.8. The lowest BCUT2D eigenvalue weighted by Gasteiger charge is -2.23. The number of halogens is 1. The smallest absolute Gasteiger partial charge is 0.258 e. The molecule has 1 amide bonds. The molecule has 1 spiro atoms. The zero-order valence-electron chi connectivity index (χ0n) is 16.8. The molecule has 2 aliphatic rings. The van der Waals surface area contributed by atoms with Crippen LogP contribution in [0.5, 0.6) is 0 Å². The summed E-state index contributed by atoms with van der Waals surface area (Å²) in [6.45, 7) is 2.14. The minimum Gasteiger partial charge on any atom is -0.271 e. The van der Waals surface area contributed by atoms with Gasteiger partial charge in [0, 0.05) is 23.6 Å². The Morgan fingerprint density at radius 1 is 1.19 bits per heavy atom. The van der Waals surface area contributed by atoms with Gasteiger partial charge in [0.1, 0.15) is 11.9 Å². The highest BCUT2D eigenvalue weighted by atomic mass is 32.2. The second-order valence-electron chi connectivity index (χ2n) is 7.45. The molecule has 0 aliphatic carbocycles. The topological polar surface area (TPSA) is 78.8 Å². The summed E-state index contributed by atoms with van der Waals surface area (Å²) >= 11 is 3.40. The summed E-state index contributed by atoms with van der Waals surface area (Å²) < 4.78 is 41.5. The molecule has 2 aromatic rings. The molecule has 2 fully saturated rings. The number of benzene rings is 2. The first-order chi connectivity index (χ1) is 14.8. The molecule has 0 saturated carbocycles. The predicted molar refractivity (Wildman–Crippen MR) is 123 cm³/mol. The predicted octanol–water partition coefficient (Wildman–Crippen LogP) is 3.22. The molecule has 0 aromatic heterocycles. The van der Waals surface area contributed by atoms with E-state index in [0.717, 1.165) is 17.1 Å². The number of sulfonamides is 1. The van der Waals surface area contributed by atoms with Crippen LogP contribution in [0.3, 0.4) is 0 Å². The van der Waals surface area contributed by atoms with Crippen molar-refractivity contribution in [2.45, 2.75) is 28.4 Å². The number of hydrogen-bond acceptors (Lipinski definition) is 6. The number of amides is 1. The average molecular weight is 480 g/mol. The highest BCUT2D eigenvalue weighted by molar-refractivity contribution is 8.21. The van der Waals surface area contributed by atoms with E-state index in [1.54, 1.807) is 59.9 Å². The van der Waals surface area contributed by atoms with E-state index in [0.29, 0.717) is 6.42 Å². The Morgan fingerprint density at radius 3 is 2.55 bits per heavy atom. The van der Waals surface area contributed by atoms with Gasteiger partial charge in [-0.2, -0.15) is 9.41 Å². The molecule has 4 rings (SSSR count). The Balaban J connectivity index is 1.58. The van der Waals surface area contributed by atoms with Crippen molar-refractivity contribution in [1.82, 2.24) is 9.73 Å². The molecule has 0 radical (unpaired) electrons. The third-order valence-electron chi connectivity index (χ3n) is 5.28. The molecular formula is C21H22FN3O3S3. The zero-order chi connectivity index (χ0) is 22.1. The highest BCUT2D eigenvalue weighted by Crippen LogP contribution is 2.52. The maximum absolute atomic E-state index is 13.8. The third-order valence-corrected chi connectivity index (χ3v) is 10.6. The molecule has 0 bridgehead atoms. The first-order valence-corrected chi connectivity index (χ1v) is 13.2. The van der Waals surface area contributed by atoms with Crippen LogP contribution in [0.1, 0.15) is 17.5 Å². The van der Waals surface area contributed by atoms with E-state index in [1.807, 2.05) is 6.92 Å². The van der Waals surface area contributed by atoms with Crippen molar-refractivity contribution in [2.75, 3.05) is 18.1 Å². The summed E-state index contributed by atoms with van der Waals surface area (Å²) in [5.74, 6) is 0.863. The van der Waals surface area contributed by atoms with Crippen LogP contribution < -0.4 is 5.43 Å². The van der Waals surface area contributed by atoms with Crippen LogP contribution in [0, 0.1) is 12.7 Å². The van der Waals surface area contributed by atoms with Gasteiger partial charge in [-0.3, -0.25) is 4.79 Å². The Labute approximate surface area is 189 Å². The van der Waals surface area contributed by atoms with E-state index < -0.39 is 27.8 Å². The zero-order valence-corrected chi connectivity index (χ0v) is 19.3. The molecule has 2 heterocycles. The first kappa shape index (κ1) is 22.3. The van der Waals surface area contributed by atoms with E-state index in [-0.39, 0.29) is 21.1 Å². The van der Waals surface area contributed by atoms with Gasteiger partial charge >= 0.3 is 0 Å². The van der Waals surface area contributed by atoms with Crippen molar-refractivity contribution in [3.63, 3.8) is 0 Å². The molecule has 2 aromatic carbocycles. The van der Waals surface area contributed by atoms with Crippen molar-refractivity contribution in [1.29, 1.82) is 0 Å². The van der Waals surface area contributed by atoms with Crippen LogP contribution in [-0.2, 0) is 14.8 Å². The number of nitrogens with zero attached hydrogens (tertiary/aromatic N) is 2. The molecule has 6 nitrogen and oxygen atoms in total. The Hall–Kier alpha value is -1.88. The van der Waals surface area contributed by atoms with Gasteiger partial charge in [-0.1, -0.05) is 35.9 Å². The molecule has 2 saturated heterocycles. The van der Waals surface area contributed by atoms with Crippen molar-refractivity contribution in [2.24, 2.45) is 5.10 Å². The number of aryl methyl sites for hydroxylation is 1. The lowest BCUT2D eigenvalue weighted by atomic mass is 10.2. The van der Waals surface area contributed by atoms with Crippen molar-refractivity contribution < 1.29 is 17.6 Å². The summed E-state index contributed by atoms with van der Waals surface area (Å²) in [6.07, 6.45) is 1.62. The minimum absolute atomic E-state index is 0.163. The summed E-state index contributed by atoms with van der Waals surface area (Å²) in [5, 5.41) is 3.86. The van der Waals surface area contributed by atoms with Crippen molar-refractivity contribution in [3.05, 3.63) is 65.5 Å². The molecule has 31 heavy (non-hydrogen) atoms. The van der Waals surface area contributed by atoms with E-state index >= 15 is 0 Å². The van der Waals surface area contributed by atoms with Crippen LogP contribution in [0.25, 0.3) is 0 Å². The van der Waals surface area contributed by atoms with Gasteiger partial charge in [0.25, 0.3) is 5.91 Å². The first-order valence-electron chi connectivity index (χ1n) is 9.75. The number of hydrazone groups is 1. The normalized spacial score (nSPS) is 21.2. The molecule has 164 valence electrons. The van der Waals surface area contributed by atoms with Gasteiger partial charge in [-0.05, 0) is 31.5 Å². The number of carbonyl (C=O) groups is 1. The highest BCUT2D eigenvalue weighted by Gasteiger charge is 2.53. The van der Waals surface area contributed by atoms with Gasteiger partial charge in [0.2, 0.25) is 10.0 Å². The van der Waals surface area contributed by atoms with Gasteiger partial charge < -0.3 is 0 Å². The van der Waals surface area contributed by atoms with Crippen molar-refractivity contribution in [3.8, 4) is 0 Å². The van der Waals surface area contributed by atoms with E-state index in [9.17, 15) is 17.6 Å². The Bertz CT molecular complexity index is 1100. The Morgan fingerprint density at radius 2 is 1.87 bits per heavy atom. The number of rotatable bonds is 5. The molecule has 2 aliphatic heterocycles. The van der Waals surface area contributed by atoms with Gasteiger partial charge in [-0.25, -0.2) is 18.2 Å². The SMILES string of the molecule is Cc1ccc(S(=O)(=O)N2CC3(C[C@H]2C(=O)N/N=C/c2ccccc2F)SCCS3)cc1. The monoisotopic (exact) mass is 479 g/mol. The lowest BCUT2D eigenvalue weighted by Crippen LogP contribution is -2.44. The Kier molecular flexibility index (Phi) is 6.43. The van der Waals surface area contributed by atoms with E-state index in [1.165, 1.54) is 22.7 Å². The molecule has 0 unspecified atom stereocenters. The second kappa shape index (κ2) is 8.93. The number of thioether (sulfide) groups is 2. The number of carbonyl (C=O) groups excluding carboxylic acids is 1. The average Bonchev–Trinajstić information content (AvgIpc) is 3.37. The number of hydrogen-bond donors (Lipinski definition) is 1. The van der Waals surface area contributed by atoms with Gasteiger partial charge in [0.05, 0.1) is 15.2 Å². The fourth-order valence-electron chi connectivity index (χ4n) is 3.66. The van der Waals surface area contributed by atoms with Gasteiger partial charge in [-0.15, -0.1) is 23.5 Å². The molecular weight excluding hydrogens is 457 g/mol. The van der Waals surface area contributed by atoms with Crippen LogP contribution in [-0.4, -0.2) is 53.0 Å². The van der Waals surface area contributed by atoms with Gasteiger partial charge in [0.15, 0.2) is 0 Å². The lowest BCUT2D eigenvalue weighted by molar-refractivity contribution is -0.124. The van der Waals surface area contributed by atoms with Crippen LogP contribution in [0.4, 0.5) is 4.39 Å². The van der Waals surface area contributed by atoms with Crippen LogP contribution in [0.15, 0.2) is 58.5 Å². The maximum atomic E-state index is 13.8. The van der Waals surface area contributed by atoms with Crippen LogP contribution in [0.2, 0.25) is 0 Å². The largest absolute Gasteiger partial charge is 0.271 e. The van der Waals surface area contributed by atoms with E-state index in [2.05, 4.69) is 10.5 Å². The minimum atomic E-state index is -3.86. The maximum Gasteiger partial charge on any atom is 0.258 e. The quantitative estimate of drug-likeness (QED) is 0.526. The van der Waals surface area contributed by atoms with E-state index in [4.69, 9.17) is 0 Å².